The van der Waals surface area contributed by atoms with Crippen molar-refractivity contribution in [2.75, 3.05) is 7.11 Å². The Hall–Kier alpha value is -0.200. The molecule has 0 N–H and O–H groups in total. The molecule has 0 aliphatic heterocycles. The van der Waals surface area contributed by atoms with Gasteiger partial charge in [0.25, 0.3) is 0 Å². The highest BCUT2D eigenvalue weighted by atomic mass is 32.7. The van der Waals surface area contributed by atoms with E-state index in [1.807, 2.05) is 6.07 Å². The Balaban J connectivity index is 1.98. The molecule has 0 aromatic heterocycles. The predicted octanol–water partition coefficient (Wildman–Crippen LogP) is 4.62. The SMILES string of the molecule is COc1ccccc1PSC1CCCCC1(C)C. The number of benzene rings is 1. The second-order valence-electron chi connectivity index (χ2n) is 5.64. The summed E-state index contributed by atoms with van der Waals surface area (Å²) in [5.74, 6) is 1.04. The van der Waals surface area contributed by atoms with Crippen LogP contribution in [0.25, 0.3) is 0 Å². The summed E-state index contributed by atoms with van der Waals surface area (Å²) in [6, 6.07) is 8.41. The molecule has 2 rings (SSSR count). The lowest BCUT2D eigenvalue weighted by Gasteiger charge is -2.38. The van der Waals surface area contributed by atoms with Gasteiger partial charge in [-0.25, -0.2) is 0 Å². The van der Waals surface area contributed by atoms with E-state index in [0.717, 1.165) is 18.8 Å². The van der Waals surface area contributed by atoms with Crippen LogP contribution >= 0.6 is 19.2 Å². The molecule has 1 aromatic carbocycles. The van der Waals surface area contributed by atoms with Crippen molar-refractivity contribution in [2.45, 2.75) is 44.8 Å². The molecule has 1 aliphatic rings. The summed E-state index contributed by atoms with van der Waals surface area (Å²) < 4.78 is 5.43. The molecular formula is C15H23OPS. The zero-order chi connectivity index (χ0) is 13.0. The summed E-state index contributed by atoms with van der Waals surface area (Å²) in [6.07, 6.45) is 5.56. The van der Waals surface area contributed by atoms with Crippen molar-refractivity contribution in [1.82, 2.24) is 0 Å². The summed E-state index contributed by atoms with van der Waals surface area (Å²) in [6.45, 7) is 4.85. The molecule has 2 unspecified atom stereocenters. The van der Waals surface area contributed by atoms with Crippen molar-refractivity contribution in [3.05, 3.63) is 24.3 Å². The molecule has 0 saturated heterocycles. The monoisotopic (exact) mass is 282 g/mol. The van der Waals surface area contributed by atoms with Crippen LogP contribution in [0.1, 0.15) is 39.5 Å². The average Bonchev–Trinajstić information content (AvgIpc) is 2.37. The van der Waals surface area contributed by atoms with E-state index in [4.69, 9.17) is 4.74 Å². The number of hydrogen-bond donors (Lipinski definition) is 0. The minimum atomic E-state index is 0.498. The smallest absolute Gasteiger partial charge is 0.127 e. The van der Waals surface area contributed by atoms with Gasteiger partial charge in [-0.2, -0.15) is 0 Å². The maximum Gasteiger partial charge on any atom is 0.127 e. The average molecular weight is 282 g/mol. The Morgan fingerprint density at radius 2 is 2.06 bits per heavy atom. The summed E-state index contributed by atoms with van der Waals surface area (Å²) in [7, 11) is 2.56. The van der Waals surface area contributed by atoms with Gasteiger partial charge >= 0.3 is 0 Å². The quantitative estimate of drug-likeness (QED) is 0.745. The Bertz CT molecular complexity index is 392. The summed E-state index contributed by atoms with van der Waals surface area (Å²) in [4.78, 5) is 0. The number of methoxy groups -OCH3 is 1. The summed E-state index contributed by atoms with van der Waals surface area (Å²) in [5, 5.41) is 2.15. The molecular weight excluding hydrogens is 259 g/mol. The van der Waals surface area contributed by atoms with E-state index < -0.39 is 0 Å². The zero-order valence-electron chi connectivity index (χ0n) is 11.5. The highest BCUT2D eigenvalue weighted by molar-refractivity contribution is 8.51. The van der Waals surface area contributed by atoms with Gasteiger partial charge in [0.1, 0.15) is 5.75 Å². The largest absolute Gasteiger partial charge is 0.496 e. The molecule has 18 heavy (non-hydrogen) atoms. The second-order valence-corrected chi connectivity index (χ2v) is 8.51. The van der Waals surface area contributed by atoms with E-state index in [0.29, 0.717) is 5.41 Å². The molecule has 3 heteroatoms. The van der Waals surface area contributed by atoms with Gasteiger partial charge in [-0.3, -0.25) is 0 Å². The Labute approximate surface area is 117 Å². The van der Waals surface area contributed by atoms with Gasteiger partial charge in [0, 0.05) is 10.6 Å². The first-order chi connectivity index (χ1) is 8.63. The lowest BCUT2D eigenvalue weighted by molar-refractivity contribution is 0.257. The zero-order valence-corrected chi connectivity index (χ0v) is 13.3. The normalized spacial score (nSPS) is 23.4. The van der Waals surface area contributed by atoms with E-state index in [2.05, 4.69) is 43.4 Å². The second kappa shape index (κ2) is 6.30. The molecule has 0 spiro atoms. The third kappa shape index (κ3) is 3.42. The molecule has 0 amide bonds. The van der Waals surface area contributed by atoms with E-state index in [9.17, 15) is 0 Å². The minimum Gasteiger partial charge on any atom is -0.496 e. The number of ether oxygens (including phenoxy) is 1. The van der Waals surface area contributed by atoms with Crippen LogP contribution in [0.4, 0.5) is 0 Å². The van der Waals surface area contributed by atoms with Crippen LogP contribution in [0.15, 0.2) is 24.3 Å². The van der Waals surface area contributed by atoms with E-state index in [1.54, 1.807) is 7.11 Å². The van der Waals surface area contributed by atoms with Gasteiger partial charge in [-0.15, -0.1) is 11.4 Å². The van der Waals surface area contributed by atoms with Crippen LogP contribution in [0.2, 0.25) is 0 Å². The number of para-hydroxylation sites is 1. The molecule has 1 nitrogen and oxygen atoms in total. The van der Waals surface area contributed by atoms with Crippen molar-refractivity contribution >= 4 is 24.5 Å². The highest BCUT2D eigenvalue weighted by Gasteiger charge is 2.32. The van der Waals surface area contributed by atoms with Crippen molar-refractivity contribution in [2.24, 2.45) is 5.41 Å². The maximum absolute atomic E-state index is 5.43. The van der Waals surface area contributed by atoms with Crippen LogP contribution in [0.5, 0.6) is 5.75 Å². The molecule has 100 valence electrons. The predicted molar refractivity (Wildman–Crippen MR) is 84.6 cm³/mol. The summed E-state index contributed by atoms with van der Waals surface area (Å²) in [5.41, 5.74) is 0.498. The van der Waals surface area contributed by atoms with Crippen LogP contribution in [-0.2, 0) is 0 Å². The van der Waals surface area contributed by atoms with Crippen LogP contribution in [0, 0.1) is 5.41 Å². The van der Waals surface area contributed by atoms with Gasteiger partial charge in [0.2, 0.25) is 0 Å². The Morgan fingerprint density at radius 1 is 1.28 bits per heavy atom. The molecule has 0 radical (unpaired) electrons. The summed E-state index contributed by atoms with van der Waals surface area (Å²) >= 11 is 2.13. The molecule has 1 aliphatic carbocycles. The fourth-order valence-corrected chi connectivity index (χ4v) is 6.61. The van der Waals surface area contributed by atoms with Crippen molar-refractivity contribution in [3.63, 3.8) is 0 Å². The molecule has 2 atom stereocenters. The maximum atomic E-state index is 5.43. The standard InChI is InChI=1S/C15H23OPS/c1-15(2)11-7-6-10-14(15)18-17-13-9-5-4-8-12(13)16-3/h4-5,8-9,14,17H,6-7,10-11H2,1-3H3. The molecule has 0 heterocycles. The van der Waals surface area contributed by atoms with Gasteiger partial charge < -0.3 is 4.74 Å². The highest BCUT2D eigenvalue weighted by Crippen LogP contribution is 2.49. The lowest BCUT2D eigenvalue weighted by atomic mass is 9.77. The van der Waals surface area contributed by atoms with Crippen LogP contribution in [0.3, 0.4) is 0 Å². The van der Waals surface area contributed by atoms with Crippen molar-refractivity contribution in [1.29, 1.82) is 0 Å². The number of rotatable bonds is 4. The minimum absolute atomic E-state index is 0.498. The van der Waals surface area contributed by atoms with E-state index >= 15 is 0 Å². The van der Waals surface area contributed by atoms with Crippen molar-refractivity contribution < 1.29 is 4.74 Å². The first-order valence-corrected chi connectivity index (χ1v) is 9.28. The van der Waals surface area contributed by atoms with E-state index in [-0.39, 0.29) is 0 Å². The van der Waals surface area contributed by atoms with Gasteiger partial charge in [-0.1, -0.05) is 44.9 Å². The fraction of sp³-hybridized carbons (Fsp3) is 0.600. The van der Waals surface area contributed by atoms with Gasteiger partial charge in [0.15, 0.2) is 0 Å². The Morgan fingerprint density at radius 3 is 2.78 bits per heavy atom. The van der Waals surface area contributed by atoms with Crippen molar-refractivity contribution in [3.8, 4) is 5.75 Å². The molecule has 1 saturated carbocycles. The molecule has 1 fully saturated rings. The topological polar surface area (TPSA) is 9.23 Å². The fourth-order valence-electron chi connectivity index (χ4n) is 2.54. The first kappa shape index (κ1) is 14.2. The third-order valence-corrected chi connectivity index (χ3v) is 7.60. The van der Waals surface area contributed by atoms with Gasteiger partial charge in [0.05, 0.1) is 7.11 Å². The lowest BCUT2D eigenvalue weighted by Crippen LogP contribution is -2.29. The van der Waals surface area contributed by atoms with Crippen LogP contribution in [-0.4, -0.2) is 12.4 Å². The Kier molecular flexibility index (Phi) is 4.98. The third-order valence-electron chi connectivity index (χ3n) is 3.83. The number of hydrogen-bond acceptors (Lipinski definition) is 2. The molecule has 1 aromatic rings. The first-order valence-electron chi connectivity index (χ1n) is 6.68. The van der Waals surface area contributed by atoms with Gasteiger partial charge in [-0.05, 0) is 32.1 Å². The van der Waals surface area contributed by atoms with Crippen LogP contribution < -0.4 is 10.0 Å². The van der Waals surface area contributed by atoms with E-state index in [1.165, 1.54) is 31.0 Å². The molecule has 0 bridgehead atoms.